The van der Waals surface area contributed by atoms with Gasteiger partial charge in [-0.2, -0.15) is 0 Å². The third kappa shape index (κ3) is 2.67. The van der Waals surface area contributed by atoms with Crippen molar-refractivity contribution in [2.45, 2.75) is 18.9 Å². The van der Waals surface area contributed by atoms with Crippen molar-refractivity contribution in [2.24, 2.45) is 5.73 Å². The van der Waals surface area contributed by atoms with E-state index in [1.54, 1.807) is 0 Å². The highest BCUT2D eigenvalue weighted by molar-refractivity contribution is 6.31. The van der Waals surface area contributed by atoms with Gasteiger partial charge in [0.1, 0.15) is 5.82 Å². The Bertz CT molecular complexity index is 373. The first-order chi connectivity index (χ1) is 6.84. The fourth-order valence-electron chi connectivity index (χ4n) is 1.45. The highest BCUT2D eigenvalue weighted by atomic mass is 35.5. The lowest BCUT2D eigenvalue weighted by Gasteiger charge is -2.24. The summed E-state index contributed by atoms with van der Waals surface area (Å²) in [7, 11) is 0. The minimum Gasteiger partial charge on any atom is -0.481 e. The van der Waals surface area contributed by atoms with E-state index in [0.29, 0.717) is 0 Å². The summed E-state index contributed by atoms with van der Waals surface area (Å²) in [6.45, 7) is 1.44. The first-order valence-electron chi connectivity index (χ1n) is 4.30. The molecular weight excluding hydrogens is 221 g/mol. The van der Waals surface area contributed by atoms with Gasteiger partial charge in [0.25, 0.3) is 0 Å². The van der Waals surface area contributed by atoms with Crippen LogP contribution in [0.3, 0.4) is 0 Å². The topological polar surface area (TPSA) is 63.3 Å². The van der Waals surface area contributed by atoms with Crippen molar-refractivity contribution < 1.29 is 14.3 Å². The maximum Gasteiger partial charge on any atom is 0.305 e. The molecule has 0 amide bonds. The Morgan fingerprint density at radius 2 is 2.27 bits per heavy atom. The summed E-state index contributed by atoms with van der Waals surface area (Å²) in [5.74, 6) is -1.69. The summed E-state index contributed by atoms with van der Waals surface area (Å²) >= 11 is 5.78. The second-order valence-electron chi connectivity index (χ2n) is 3.58. The van der Waals surface area contributed by atoms with Gasteiger partial charge >= 0.3 is 5.97 Å². The van der Waals surface area contributed by atoms with E-state index in [4.69, 9.17) is 22.4 Å². The summed E-state index contributed by atoms with van der Waals surface area (Å²) in [5, 5.41) is 8.79. The standard InChI is InChI=1S/C10H11ClFNO2/c1-10(13,5-8(14)15)9-6(11)3-2-4-7(9)12/h2-4H,5,13H2,1H3,(H,14,15). The molecule has 0 aliphatic heterocycles. The molecule has 15 heavy (non-hydrogen) atoms. The van der Waals surface area contributed by atoms with Crippen molar-refractivity contribution in [3.63, 3.8) is 0 Å². The molecule has 0 saturated carbocycles. The Balaban J connectivity index is 3.19. The molecule has 0 radical (unpaired) electrons. The number of nitrogens with two attached hydrogens (primary N) is 1. The first kappa shape index (κ1) is 11.9. The molecule has 1 atom stereocenters. The van der Waals surface area contributed by atoms with Crippen LogP contribution in [0.1, 0.15) is 18.9 Å². The van der Waals surface area contributed by atoms with Crippen molar-refractivity contribution in [1.82, 2.24) is 0 Å². The summed E-state index contributed by atoms with van der Waals surface area (Å²) in [6.07, 6.45) is -0.381. The largest absolute Gasteiger partial charge is 0.481 e. The number of carboxylic acid groups (broad SMARTS) is 1. The second kappa shape index (κ2) is 4.16. The van der Waals surface area contributed by atoms with Gasteiger partial charge in [0, 0.05) is 10.6 Å². The molecule has 1 rings (SSSR count). The molecule has 82 valence electrons. The van der Waals surface area contributed by atoms with Crippen LogP contribution in [0.15, 0.2) is 18.2 Å². The quantitative estimate of drug-likeness (QED) is 0.838. The minimum absolute atomic E-state index is 0.0362. The highest BCUT2D eigenvalue weighted by Gasteiger charge is 2.29. The van der Waals surface area contributed by atoms with Gasteiger partial charge in [0.2, 0.25) is 0 Å². The third-order valence-corrected chi connectivity index (χ3v) is 2.37. The normalized spacial score (nSPS) is 14.7. The van der Waals surface area contributed by atoms with E-state index in [9.17, 15) is 9.18 Å². The highest BCUT2D eigenvalue weighted by Crippen LogP contribution is 2.30. The molecule has 0 aliphatic carbocycles. The number of halogens is 2. The van der Waals surface area contributed by atoms with Gasteiger partial charge in [-0.25, -0.2) is 4.39 Å². The van der Waals surface area contributed by atoms with Gasteiger partial charge in [-0.15, -0.1) is 0 Å². The smallest absolute Gasteiger partial charge is 0.305 e. The molecular formula is C10H11ClFNO2. The molecule has 1 unspecified atom stereocenters. The molecule has 3 N–H and O–H groups in total. The van der Waals surface area contributed by atoms with Crippen molar-refractivity contribution in [3.05, 3.63) is 34.6 Å². The lowest BCUT2D eigenvalue weighted by atomic mass is 9.89. The molecule has 0 bridgehead atoms. The van der Waals surface area contributed by atoms with E-state index in [0.717, 1.165) is 0 Å². The van der Waals surface area contributed by atoms with Crippen molar-refractivity contribution >= 4 is 17.6 Å². The fraction of sp³-hybridized carbons (Fsp3) is 0.300. The van der Waals surface area contributed by atoms with Crippen LogP contribution in [-0.2, 0) is 10.3 Å². The number of carbonyl (C=O) groups is 1. The van der Waals surface area contributed by atoms with E-state index < -0.39 is 17.3 Å². The van der Waals surface area contributed by atoms with Crippen molar-refractivity contribution in [3.8, 4) is 0 Å². The molecule has 0 saturated heterocycles. The Kier molecular flexibility index (Phi) is 3.31. The molecule has 0 aromatic heterocycles. The van der Waals surface area contributed by atoms with Crippen LogP contribution in [0.25, 0.3) is 0 Å². The predicted molar refractivity (Wildman–Crippen MR) is 55.2 cm³/mol. The molecule has 0 fully saturated rings. The Morgan fingerprint density at radius 3 is 2.73 bits per heavy atom. The van der Waals surface area contributed by atoms with Gasteiger partial charge in [-0.3, -0.25) is 4.79 Å². The average molecular weight is 232 g/mol. The monoisotopic (exact) mass is 231 g/mol. The first-order valence-corrected chi connectivity index (χ1v) is 4.67. The van der Waals surface area contributed by atoms with E-state index in [1.807, 2.05) is 0 Å². The number of hydrogen-bond donors (Lipinski definition) is 2. The number of carboxylic acids is 1. The van der Waals surface area contributed by atoms with E-state index in [1.165, 1.54) is 25.1 Å². The lowest BCUT2D eigenvalue weighted by Crippen LogP contribution is -2.36. The molecule has 5 heteroatoms. The fourth-order valence-corrected chi connectivity index (χ4v) is 1.82. The van der Waals surface area contributed by atoms with Crippen LogP contribution in [0, 0.1) is 5.82 Å². The maximum atomic E-state index is 13.4. The molecule has 0 aliphatic rings. The number of rotatable bonds is 3. The zero-order valence-electron chi connectivity index (χ0n) is 8.13. The second-order valence-corrected chi connectivity index (χ2v) is 3.99. The number of benzene rings is 1. The minimum atomic E-state index is -1.31. The van der Waals surface area contributed by atoms with Crippen molar-refractivity contribution in [2.75, 3.05) is 0 Å². The molecule has 3 nitrogen and oxygen atoms in total. The van der Waals surface area contributed by atoms with E-state index >= 15 is 0 Å². The van der Waals surface area contributed by atoms with Gasteiger partial charge in [-0.1, -0.05) is 17.7 Å². The van der Waals surface area contributed by atoms with Crippen LogP contribution in [0.5, 0.6) is 0 Å². The van der Waals surface area contributed by atoms with Crippen LogP contribution in [0.2, 0.25) is 5.02 Å². The summed E-state index contributed by atoms with van der Waals surface area (Å²) in [4.78, 5) is 10.6. The van der Waals surface area contributed by atoms with Crippen LogP contribution < -0.4 is 5.73 Å². The average Bonchev–Trinajstić information content (AvgIpc) is 1.99. The number of hydrogen-bond acceptors (Lipinski definition) is 2. The Hall–Kier alpha value is -1.13. The molecule has 1 aromatic carbocycles. The maximum absolute atomic E-state index is 13.4. The zero-order valence-corrected chi connectivity index (χ0v) is 8.88. The number of aliphatic carboxylic acids is 1. The van der Waals surface area contributed by atoms with Crippen molar-refractivity contribution in [1.29, 1.82) is 0 Å². The van der Waals surface area contributed by atoms with Crippen LogP contribution >= 0.6 is 11.6 Å². The van der Waals surface area contributed by atoms with E-state index in [2.05, 4.69) is 0 Å². The van der Waals surface area contributed by atoms with Gasteiger partial charge < -0.3 is 10.8 Å². The Labute approximate surface area is 91.7 Å². The SMILES string of the molecule is CC(N)(CC(=O)O)c1c(F)cccc1Cl. The molecule has 0 heterocycles. The third-order valence-electron chi connectivity index (χ3n) is 2.05. The van der Waals surface area contributed by atoms with Crippen LogP contribution in [0.4, 0.5) is 4.39 Å². The summed E-state index contributed by atoms with van der Waals surface area (Å²) in [6, 6.07) is 4.12. The Morgan fingerprint density at radius 1 is 1.67 bits per heavy atom. The van der Waals surface area contributed by atoms with Crippen LogP contribution in [-0.4, -0.2) is 11.1 Å². The van der Waals surface area contributed by atoms with E-state index in [-0.39, 0.29) is 17.0 Å². The van der Waals surface area contributed by atoms with Gasteiger partial charge in [0.05, 0.1) is 12.0 Å². The zero-order chi connectivity index (χ0) is 11.6. The van der Waals surface area contributed by atoms with Gasteiger partial charge in [-0.05, 0) is 19.1 Å². The molecule has 1 aromatic rings. The summed E-state index contributed by atoms with van der Waals surface area (Å²) in [5.41, 5.74) is 4.46. The summed E-state index contributed by atoms with van der Waals surface area (Å²) < 4.78 is 13.4. The van der Waals surface area contributed by atoms with Gasteiger partial charge in [0.15, 0.2) is 0 Å². The molecule has 0 spiro atoms. The lowest BCUT2D eigenvalue weighted by molar-refractivity contribution is -0.138. The predicted octanol–water partition coefficient (Wildman–Crippen LogP) is 2.13.